The molecular weight excluding hydrogens is 510 g/mol. The summed E-state index contributed by atoms with van der Waals surface area (Å²) in [4.78, 5) is 26.6. The van der Waals surface area contributed by atoms with Gasteiger partial charge in [0.1, 0.15) is 0 Å². The minimum atomic E-state index is -0.516. The highest BCUT2D eigenvalue weighted by Gasteiger charge is 2.49. The average Bonchev–Trinajstić information content (AvgIpc) is 3.52. The van der Waals surface area contributed by atoms with Gasteiger partial charge in [-0.15, -0.1) is 0 Å². The smallest absolute Gasteiger partial charge is 0.311 e. The molecule has 10 heteroatoms. The van der Waals surface area contributed by atoms with Crippen LogP contribution in [0.25, 0.3) is 11.0 Å². The Bertz CT molecular complexity index is 1530. The van der Waals surface area contributed by atoms with Gasteiger partial charge < -0.3 is 10.1 Å². The fourth-order valence-corrected chi connectivity index (χ4v) is 6.32. The van der Waals surface area contributed by atoms with Crippen LogP contribution in [0, 0.1) is 23.0 Å². The zero-order valence-corrected chi connectivity index (χ0v) is 22.4. The van der Waals surface area contributed by atoms with Crippen molar-refractivity contribution in [1.29, 1.82) is 0 Å². The van der Waals surface area contributed by atoms with E-state index in [4.69, 9.17) is 9.37 Å². The SMILES string of the molecule is Cc1ccc(C2CC3CCC(C2C(=O)OCCc2ccc(Nc4ccc([N+](=O)[O-])c5nonc45)cc2)N3C)cc1. The molecule has 3 heterocycles. The van der Waals surface area contributed by atoms with Gasteiger partial charge in [-0.1, -0.05) is 42.0 Å². The first-order valence-corrected chi connectivity index (χ1v) is 13.6. The van der Waals surface area contributed by atoms with E-state index in [1.807, 2.05) is 24.3 Å². The third kappa shape index (κ3) is 4.90. The molecule has 2 aliphatic rings. The van der Waals surface area contributed by atoms with Crippen molar-refractivity contribution < 1.29 is 19.1 Å². The van der Waals surface area contributed by atoms with E-state index in [2.05, 4.69) is 58.8 Å². The number of carbonyl (C=O) groups excluding carboxylic acids is 1. The molecule has 0 saturated carbocycles. The van der Waals surface area contributed by atoms with E-state index < -0.39 is 4.92 Å². The van der Waals surface area contributed by atoms with Gasteiger partial charge in [0.15, 0.2) is 5.52 Å². The Balaban J connectivity index is 1.09. The number of anilines is 2. The van der Waals surface area contributed by atoms with Crippen molar-refractivity contribution in [2.45, 2.75) is 50.6 Å². The van der Waals surface area contributed by atoms with E-state index in [0.29, 0.717) is 24.8 Å². The van der Waals surface area contributed by atoms with Gasteiger partial charge in [-0.2, -0.15) is 0 Å². The molecule has 2 saturated heterocycles. The third-order valence-electron chi connectivity index (χ3n) is 8.51. The van der Waals surface area contributed by atoms with Crippen molar-refractivity contribution in [3.8, 4) is 0 Å². The van der Waals surface area contributed by atoms with Crippen LogP contribution >= 0.6 is 0 Å². The predicted molar refractivity (Wildman–Crippen MR) is 149 cm³/mol. The van der Waals surface area contributed by atoms with Crippen LogP contribution in [0.2, 0.25) is 0 Å². The Morgan fingerprint density at radius 1 is 1.07 bits per heavy atom. The van der Waals surface area contributed by atoms with E-state index in [-0.39, 0.29) is 40.6 Å². The maximum absolute atomic E-state index is 13.5. The molecule has 4 aromatic rings. The average molecular weight is 542 g/mol. The topological polar surface area (TPSA) is 124 Å². The molecule has 4 unspecified atom stereocenters. The summed E-state index contributed by atoms with van der Waals surface area (Å²) in [6.07, 6.45) is 3.75. The van der Waals surface area contributed by atoms with Crippen LogP contribution in [0.1, 0.15) is 41.9 Å². The largest absolute Gasteiger partial charge is 0.465 e. The van der Waals surface area contributed by atoms with Crippen LogP contribution in [0.3, 0.4) is 0 Å². The number of rotatable bonds is 8. The molecule has 0 amide bonds. The molecule has 40 heavy (non-hydrogen) atoms. The van der Waals surface area contributed by atoms with Gasteiger partial charge in [-0.05, 0) is 72.9 Å². The number of esters is 1. The number of carbonyl (C=O) groups is 1. The molecule has 2 fully saturated rings. The summed E-state index contributed by atoms with van der Waals surface area (Å²) in [6.45, 7) is 2.40. The van der Waals surface area contributed by atoms with Gasteiger partial charge in [-0.3, -0.25) is 19.8 Å². The lowest BCUT2D eigenvalue weighted by atomic mass is 9.76. The number of ether oxygens (including phenoxy) is 1. The highest BCUT2D eigenvalue weighted by Crippen LogP contribution is 2.46. The van der Waals surface area contributed by atoms with E-state index in [1.54, 1.807) is 6.07 Å². The lowest BCUT2D eigenvalue weighted by molar-refractivity contribution is -0.383. The second kappa shape index (κ2) is 10.7. The summed E-state index contributed by atoms with van der Waals surface area (Å²) in [5.41, 5.74) is 5.03. The Hall–Kier alpha value is -4.31. The molecule has 6 rings (SSSR count). The van der Waals surface area contributed by atoms with Gasteiger partial charge in [0.25, 0.3) is 0 Å². The maximum Gasteiger partial charge on any atom is 0.311 e. The molecule has 206 valence electrons. The number of piperidine rings is 1. The molecule has 3 aromatic carbocycles. The summed E-state index contributed by atoms with van der Waals surface area (Å²) < 4.78 is 10.6. The quantitative estimate of drug-likeness (QED) is 0.174. The number of non-ortho nitro benzene ring substituents is 1. The first kappa shape index (κ1) is 25.9. The predicted octanol–water partition coefficient (Wildman–Crippen LogP) is 5.54. The number of nitro groups is 1. The second-order valence-corrected chi connectivity index (χ2v) is 10.8. The van der Waals surface area contributed by atoms with Crippen molar-refractivity contribution in [2.24, 2.45) is 5.92 Å². The number of nitrogens with one attached hydrogen (secondary N) is 1. The minimum absolute atomic E-state index is 0.0929. The van der Waals surface area contributed by atoms with Gasteiger partial charge in [-0.25, -0.2) is 4.63 Å². The van der Waals surface area contributed by atoms with Gasteiger partial charge in [0.2, 0.25) is 5.52 Å². The first-order chi connectivity index (χ1) is 19.4. The van der Waals surface area contributed by atoms with Crippen LogP contribution in [0.4, 0.5) is 17.1 Å². The number of hydrogen-bond donors (Lipinski definition) is 1. The van der Waals surface area contributed by atoms with Crippen LogP contribution < -0.4 is 5.32 Å². The number of aryl methyl sites for hydroxylation is 1. The summed E-state index contributed by atoms with van der Waals surface area (Å²) in [5, 5.41) is 21.9. The van der Waals surface area contributed by atoms with Crippen LogP contribution in [0.5, 0.6) is 0 Å². The van der Waals surface area contributed by atoms with Crippen LogP contribution in [-0.2, 0) is 16.0 Å². The minimum Gasteiger partial charge on any atom is -0.465 e. The van der Waals surface area contributed by atoms with Crippen molar-refractivity contribution >= 4 is 34.1 Å². The standard InChI is InChI=1S/C30H31N5O5/c1-18-3-7-20(8-4-18)23-17-22-11-13-25(34(22)2)27(23)30(36)39-16-15-19-5-9-21(10-6-19)31-24-12-14-26(35(37)38)29-28(24)32-40-33-29/h3-10,12,14,22-23,25,27,31H,11,13,15-17H2,1-2H3. The van der Waals surface area contributed by atoms with Crippen molar-refractivity contribution in [3.63, 3.8) is 0 Å². The van der Waals surface area contributed by atoms with Gasteiger partial charge in [0.05, 0.1) is 23.1 Å². The van der Waals surface area contributed by atoms with E-state index in [9.17, 15) is 14.9 Å². The summed E-state index contributed by atoms with van der Waals surface area (Å²) >= 11 is 0. The molecule has 2 aliphatic heterocycles. The zero-order valence-electron chi connectivity index (χ0n) is 22.4. The molecule has 0 radical (unpaired) electrons. The molecule has 0 aliphatic carbocycles. The van der Waals surface area contributed by atoms with E-state index in [0.717, 1.165) is 30.5 Å². The molecule has 0 spiro atoms. The zero-order chi connectivity index (χ0) is 27.8. The third-order valence-corrected chi connectivity index (χ3v) is 8.51. The van der Waals surface area contributed by atoms with Crippen molar-refractivity contribution in [1.82, 2.24) is 15.2 Å². The summed E-state index contributed by atoms with van der Waals surface area (Å²) in [6, 6.07) is 20.0. The Morgan fingerprint density at radius 3 is 2.58 bits per heavy atom. The lowest BCUT2D eigenvalue weighted by Gasteiger charge is -2.42. The molecule has 10 nitrogen and oxygen atoms in total. The number of nitrogens with zero attached hydrogens (tertiary/aromatic N) is 4. The summed E-state index contributed by atoms with van der Waals surface area (Å²) in [5.74, 6) is -0.0926. The Morgan fingerprint density at radius 2 is 1.82 bits per heavy atom. The number of hydrogen-bond acceptors (Lipinski definition) is 9. The fourth-order valence-electron chi connectivity index (χ4n) is 6.32. The van der Waals surface area contributed by atoms with Crippen molar-refractivity contribution in [2.75, 3.05) is 19.0 Å². The molecular formula is C30H31N5O5. The van der Waals surface area contributed by atoms with Gasteiger partial charge in [0, 0.05) is 36.2 Å². The number of benzene rings is 3. The number of fused-ring (bicyclic) bond motifs is 3. The van der Waals surface area contributed by atoms with Gasteiger partial charge >= 0.3 is 11.7 Å². The Kier molecular flexibility index (Phi) is 6.93. The Labute approximate surface area is 231 Å². The van der Waals surface area contributed by atoms with E-state index in [1.165, 1.54) is 17.2 Å². The monoisotopic (exact) mass is 541 g/mol. The fraction of sp³-hybridized carbons (Fsp3) is 0.367. The summed E-state index contributed by atoms with van der Waals surface area (Å²) in [7, 11) is 2.14. The highest BCUT2D eigenvalue weighted by molar-refractivity contribution is 5.94. The maximum atomic E-state index is 13.5. The number of nitro benzene ring substituents is 1. The number of aromatic nitrogens is 2. The molecule has 2 bridgehead atoms. The van der Waals surface area contributed by atoms with Crippen LogP contribution in [0.15, 0.2) is 65.3 Å². The molecule has 4 atom stereocenters. The van der Waals surface area contributed by atoms with Crippen molar-refractivity contribution in [3.05, 3.63) is 87.5 Å². The van der Waals surface area contributed by atoms with Crippen LogP contribution in [-0.4, -0.2) is 51.8 Å². The molecule has 1 aromatic heterocycles. The second-order valence-electron chi connectivity index (χ2n) is 10.8. The van der Waals surface area contributed by atoms with E-state index >= 15 is 0 Å². The molecule has 1 N–H and O–H groups in total. The lowest BCUT2D eigenvalue weighted by Crippen LogP contribution is -2.49. The first-order valence-electron chi connectivity index (χ1n) is 13.6. The normalized spacial score (nSPS) is 22.4. The highest BCUT2D eigenvalue weighted by atomic mass is 16.6.